The molecule has 1 N–H and O–H groups in total. The number of carbonyl (C=O) groups is 1. The standard InChI is InChI=1S/C16H27N3O/c1-12(2)17-9-5-6-16(20)19-11-10-18-13(3)7-8-15(18)14(19)4/h7-8,12,14,17H,5-6,9-11H2,1-4H3. The van der Waals surface area contributed by atoms with Crippen LogP contribution in [0.1, 0.15) is 51.0 Å². The molecule has 1 unspecified atom stereocenters. The van der Waals surface area contributed by atoms with Crippen LogP contribution in [0.2, 0.25) is 0 Å². The lowest BCUT2D eigenvalue weighted by molar-refractivity contribution is -0.134. The van der Waals surface area contributed by atoms with Crippen LogP contribution in [0, 0.1) is 6.92 Å². The lowest BCUT2D eigenvalue weighted by atomic mass is 10.1. The minimum Gasteiger partial charge on any atom is -0.345 e. The quantitative estimate of drug-likeness (QED) is 0.840. The third kappa shape index (κ3) is 3.23. The SMILES string of the molecule is Cc1ccc2n1CCN(C(=O)CCCNC(C)C)C2C. The second-order valence-corrected chi connectivity index (χ2v) is 6.03. The number of rotatable bonds is 5. The summed E-state index contributed by atoms with van der Waals surface area (Å²) in [6.07, 6.45) is 1.56. The van der Waals surface area contributed by atoms with E-state index in [4.69, 9.17) is 0 Å². The van der Waals surface area contributed by atoms with Crippen molar-refractivity contribution in [3.05, 3.63) is 23.5 Å². The van der Waals surface area contributed by atoms with Crippen molar-refractivity contribution in [3.63, 3.8) is 0 Å². The Kier molecular flexibility index (Phi) is 4.86. The van der Waals surface area contributed by atoms with Gasteiger partial charge in [0.05, 0.1) is 6.04 Å². The van der Waals surface area contributed by atoms with Crippen molar-refractivity contribution in [2.24, 2.45) is 0 Å². The lowest BCUT2D eigenvalue weighted by Crippen LogP contribution is -2.41. The van der Waals surface area contributed by atoms with Gasteiger partial charge in [0.2, 0.25) is 5.91 Å². The van der Waals surface area contributed by atoms with Crippen molar-refractivity contribution < 1.29 is 4.79 Å². The topological polar surface area (TPSA) is 37.3 Å². The van der Waals surface area contributed by atoms with Gasteiger partial charge in [-0.2, -0.15) is 0 Å². The Morgan fingerprint density at radius 3 is 2.85 bits per heavy atom. The Bertz CT molecular complexity index is 464. The summed E-state index contributed by atoms with van der Waals surface area (Å²) in [6, 6.07) is 4.99. The van der Waals surface area contributed by atoms with Crippen LogP contribution in [0.4, 0.5) is 0 Å². The largest absolute Gasteiger partial charge is 0.345 e. The normalized spacial score (nSPS) is 18.4. The summed E-state index contributed by atoms with van der Waals surface area (Å²) in [5, 5.41) is 3.36. The second kappa shape index (κ2) is 6.44. The zero-order valence-corrected chi connectivity index (χ0v) is 13.1. The number of nitrogens with zero attached hydrogens (tertiary/aromatic N) is 2. The highest BCUT2D eigenvalue weighted by Gasteiger charge is 2.27. The third-order valence-corrected chi connectivity index (χ3v) is 4.13. The fourth-order valence-electron chi connectivity index (χ4n) is 2.94. The predicted octanol–water partition coefficient (Wildman–Crippen LogP) is 2.48. The first-order valence-electron chi connectivity index (χ1n) is 7.69. The third-order valence-electron chi connectivity index (χ3n) is 4.13. The first-order chi connectivity index (χ1) is 9.50. The van der Waals surface area contributed by atoms with Crippen LogP contribution >= 0.6 is 0 Å². The van der Waals surface area contributed by atoms with Gasteiger partial charge < -0.3 is 14.8 Å². The van der Waals surface area contributed by atoms with Gasteiger partial charge in [-0.3, -0.25) is 4.79 Å². The maximum absolute atomic E-state index is 12.4. The Hall–Kier alpha value is -1.29. The average molecular weight is 277 g/mol. The number of amides is 1. The first kappa shape index (κ1) is 15.1. The van der Waals surface area contributed by atoms with Crippen LogP contribution in [-0.4, -0.2) is 34.5 Å². The monoisotopic (exact) mass is 277 g/mol. The number of aryl methyl sites for hydroxylation is 1. The van der Waals surface area contributed by atoms with Crippen LogP contribution < -0.4 is 5.32 Å². The molecule has 2 rings (SSSR count). The highest BCUT2D eigenvalue weighted by atomic mass is 16.2. The molecule has 0 radical (unpaired) electrons. The molecule has 0 saturated carbocycles. The molecule has 1 atom stereocenters. The molecule has 0 aliphatic carbocycles. The Morgan fingerprint density at radius 2 is 2.15 bits per heavy atom. The molecule has 0 fully saturated rings. The minimum absolute atomic E-state index is 0.197. The van der Waals surface area contributed by atoms with Crippen molar-refractivity contribution >= 4 is 5.91 Å². The van der Waals surface area contributed by atoms with Gasteiger partial charge in [0.25, 0.3) is 0 Å². The number of fused-ring (bicyclic) bond motifs is 1. The maximum Gasteiger partial charge on any atom is 0.223 e. The molecule has 2 heterocycles. The van der Waals surface area contributed by atoms with E-state index in [0.717, 1.165) is 26.1 Å². The summed E-state index contributed by atoms with van der Waals surface area (Å²) >= 11 is 0. The molecule has 4 heteroatoms. The Morgan fingerprint density at radius 1 is 1.40 bits per heavy atom. The highest BCUT2D eigenvalue weighted by Crippen LogP contribution is 2.27. The fraction of sp³-hybridized carbons (Fsp3) is 0.688. The van der Waals surface area contributed by atoms with Gasteiger partial charge >= 0.3 is 0 Å². The van der Waals surface area contributed by atoms with E-state index in [0.29, 0.717) is 12.5 Å². The summed E-state index contributed by atoms with van der Waals surface area (Å²) < 4.78 is 2.33. The van der Waals surface area contributed by atoms with E-state index in [1.54, 1.807) is 0 Å². The van der Waals surface area contributed by atoms with Gasteiger partial charge in [0.15, 0.2) is 0 Å². The number of hydrogen-bond acceptors (Lipinski definition) is 2. The van der Waals surface area contributed by atoms with Gasteiger partial charge in [-0.15, -0.1) is 0 Å². The molecule has 0 saturated heterocycles. The van der Waals surface area contributed by atoms with Crippen LogP contribution in [0.25, 0.3) is 0 Å². The number of aromatic nitrogens is 1. The molecule has 1 aromatic rings. The van der Waals surface area contributed by atoms with Crippen molar-refractivity contribution in [2.75, 3.05) is 13.1 Å². The molecule has 0 spiro atoms. The van der Waals surface area contributed by atoms with Gasteiger partial charge in [-0.25, -0.2) is 0 Å². The molecule has 1 aromatic heterocycles. The molecule has 0 aromatic carbocycles. The van der Waals surface area contributed by atoms with Crippen molar-refractivity contribution in [3.8, 4) is 0 Å². The highest BCUT2D eigenvalue weighted by molar-refractivity contribution is 5.76. The van der Waals surface area contributed by atoms with Crippen LogP contribution in [0.5, 0.6) is 0 Å². The molecule has 20 heavy (non-hydrogen) atoms. The van der Waals surface area contributed by atoms with E-state index in [-0.39, 0.29) is 11.9 Å². The first-order valence-corrected chi connectivity index (χ1v) is 7.69. The van der Waals surface area contributed by atoms with Crippen LogP contribution in [-0.2, 0) is 11.3 Å². The molecule has 0 bridgehead atoms. The summed E-state index contributed by atoms with van der Waals surface area (Å²) in [5.74, 6) is 0.285. The van der Waals surface area contributed by atoms with Crippen molar-refractivity contribution in [1.82, 2.24) is 14.8 Å². The van der Waals surface area contributed by atoms with E-state index in [1.165, 1.54) is 11.4 Å². The Balaban J connectivity index is 1.89. The molecule has 112 valence electrons. The molecule has 1 aliphatic heterocycles. The maximum atomic E-state index is 12.4. The summed E-state index contributed by atoms with van der Waals surface area (Å²) in [7, 11) is 0. The lowest BCUT2D eigenvalue weighted by Gasteiger charge is -2.35. The van der Waals surface area contributed by atoms with Gasteiger partial charge in [-0.05, 0) is 38.9 Å². The van der Waals surface area contributed by atoms with Gasteiger partial charge in [-0.1, -0.05) is 13.8 Å². The zero-order valence-electron chi connectivity index (χ0n) is 13.1. The number of hydrogen-bond donors (Lipinski definition) is 1. The Labute approximate surface area is 122 Å². The minimum atomic E-state index is 0.197. The van der Waals surface area contributed by atoms with E-state index in [9.17, 15) is 4.79 Å². The van der Waals surface area contributed by atoms with Crippen LogP contribution in [0.15, 0.2) is 12.1 Å². The fourth-order valence-corrected chi connectivity index (χ4v) is 2.94. The zero-order chi connectivity index (χ0) is 14.7. The molecule has 4 nitrogen and oxygen atoms in total. The van der Waals surface area contributed by atoms with E-state index >= 15 is 0 Å². The average Bonchev–Trinajstić information content (AvgIpc) is 2.77. The predicted molar refractivity (Wildman–Crippen MR) is 81.7 cm³/mol. The number of carbonyl (C=O) groups excluding carboxylic acids is 1. The van der Waals surface area contributed by atoms with Crippen LogP contribution in [0.3, 0.4) is 0 Å². The van der Waals surface area contributed by atoms with E-state index < -0.39 is 0 Å². The summed E-state index contributed by atoms with van der Waals surface area (Å²) in [5.41, 5.74) is 2.56. The van der Waals surface area contributed by atoms with Gasteiger partial charge in [0.1, 0.15) is 0 Å². The van der Waals surface area contributed by atoms with Crippen molar-refractivity contribution in [1.29, 1.82) is 0 Å². The summed E-state index contributed by atoms with van der Waals surface area (Å²) in [4.78, 5) is 14.4. The van der Waals surface area contributed by atoms with Crippen molar-refractivity contribution in [2.45, 2.75) is 59.2 Å². The molecular formula is C16H27N3O. The second-order valence-electron chi connectivity index (χ2n) is 6.03. The smallest absolute Gasteiger partial charge is 0.223 e. The molecule has 1 aliphatic rings. The summed E-state index contributed by atoms with van der Waals surface area (Å²) in [6.45, 7) is 11.2. The van der Waals surface area contributed by atoms with Gasteiger partial charge in [0, 0.05) is 36.9 Å². The van der Waals surface area contributed by atoms with E-state index in [1.807, 2.05) is 4.90 Å². The van der Waals surface area contributed by atoms with E-state index in [2.05, 4.69) is 49.7 Å². The molecular weight excluding hydrogens is 250 g/mol. The molecule has 1 amide bonds. The number of nitrogens with one attached hydrogen (secondary N) is 1.